The summed E-state index contributed by atoms with van der Waals surface area (Å²) in [6.45, 7) is 13.7. The van der Waals surface area contributed by atoms with Crippen LogP contribution in [-0.4, -0.2) is 0 Å². The van der Waals surface area contributed by atoms with Gasteiger partial charge in [0, 0.05) is 44.4 Å². The first-order valence-corrected chi connectivity index (χ1v) is 12.5. The van der Waals surface area contributed by atoms with E-state index in [1.54, 1.807) is 0 Å². The van der Waals surface area contributed by atoms with Crippen molar-refractivity contribution in [3.05, 3.63) is 56.3 Å². The zero-order valence-electron chi connectivity index (χ0n) is 16.4. The lowest BCUT2D eigenvalue weighted by molar-refractivity contribution is 0.663. The summed E-state index contributed by atoms with van der Waals surface area (Å²) in [7, 11) is 0. The highest BCUT2D eigenvalue weighted by atomic mass is 32.1. The predicted molar refractivity (Wildman–Crippen MR) is 125 cm³/mol. The maximum Gasteiger partial charge on any atom is 0.0493 e. The number of aryl methyl sites for hydroxylation is 4. The lowest BCUT2D eigenvalue weighted by Gasteiger charge is -2.18. The van der Waals surface area contributed by atoms with Gasteiger partial charge in [-0.05, 0) is 74.2 Å². The van der Waals surface area contributed by atoms with Crippen LogP contribution in [-0.2, 0) is 5.41 Å². The van der Waals surface area contributed by atoms with Crippen molar-refractivity contribution in [2.45, 2.75) is 47.0 Å². The van der Waals surface area contributed by atoms with Crippen molar-refractivity contribution in [1.29, 1.82) is 0 Å². The van der Waals surface area contributed by atoms with Gasteiger partial charge in [0.2, 0.25) is 0 Å². The van der Waals surface area contributed by atoms with Crippen molar-refractivity contribution >= 4 is 45.3 Å². The molecule has 138 valence electrons. The third kappa shape index (κ3) is 2.57. The molecule has 0 aliphatic heterocycles. The molecule has 0 unspecified atom stereocenters. The van der Waals surface area contributed by atoms with E-state index in [9.17, 15) is 0 Å². The maximum atomic E-state index is 2.46. The average molecular weight is 427 g/mol. The Kier molecular flexibility index (Phi) is 3.90. The Morgan fingerprint density at radius 3 is 1.89 bits per heavy atom. The largest absolute Gasteiger partial charge is 0.139 e. The van der Waals surface area contributed by atoms with Gasteiger partial charge < -0.3 is 0 Å². The second-order valence-electron chi connectivity index (χ2n) is 8.05. The van der Waals surface area contributed by atoms with Crippen molar-refractivity contribution in [2.24, 2.45) is 0 Å². The van der Waals surface area contributed by atoms with Crippen molar-refractivity contribution in [2.75, 3.05) is 0 Å². The van der Waals surface area contributed by atoms with Gasteiger partial charge in [0.1, 0.15) is 0 Å². The second-order valence-corrected chi connectivity index (χ2v) is 12.7. The van der Waals surface area contributed by atoms with Gasteiger partial charge >= 0.3 is 0 Å². The van der Waals surface area contributed by atoms with Gasteiger partial charge in [-0.2, -0.15) is 0 Å². The molecule has 1 aliphatic carbocycles. The van der Waals surface area contributed by atoms with Crippen molar-refractivity contribution < 1.29 is 0 Å². The van der Waals surface area contributed by atoms with Gasteiger partial charge in [-0.25, -0.2) is 0 Å². The van der Waals surface area contributed by atoms with E-state index in [0.717, 1.165) is 0 Å². The molecule has 4 heteroatoms. The van der Waals surface area contributed by atoms with E-state index in [2.05, 4.69) is 65.8 Å². The third-order valence-corrected chi connectivity index (χ3v) is 10.8. The van der Waals surface area contributed by atoms with Crippen LogP contribution in [0.3, 0.4) is 0 Å². The van der Waals surface area contributed by atoms with Crippen LogP contribution in [0.15, 0.2) is 24.3 Å². The SMILES string of the molecule is Cc1cc2c(s1)-c1sc(-c3cc(C)c(-c4cc(C)c(C)s4)s3)cc1C2(C)C. The van der Waals surface area contributed by atoms with Gasteiger partial charge in [-0.3, -0.25) is 0 Å². The van der Waals surface area contributed by atoms with Crippen LogP contribution in [0.4, 0.5) is 0 Å². The van der Waals surface area contributed by atoms with Crippen LogP contribution in [0.2, 0.25) is 0 Å². The fourth-order valence-corrected chi connectivity index (χ4v) is 9.06. The number of hydrogen-bond acceptors (Lipinski definition) is 4. The monoisotopic (exact) mass is 426 g/mol. The Balaban J connectivity index is 1.62. The average Bonchev–Trinajstić information content (AvgIpc) is 3.35. The molecule has 4 heterocycles. The van der Waals surface area contributed by atoms with Crippen molar-refractivity contribution in [1.82, 2.24) is 0 Å². The highest BCUT2D eigenvalue weighted by molar-refractivity contribution is 7.29. The fraction of sp³-hybridized carbons (Fsp3) is 0.304. The summed E-state index contributed by atoms with van der Waals surface area (Å²) in [5, 5.41) is 0. The lowest BCUT2D eigenvalue weighted by atomic mass is 9.84. The summed E-state index contributed by atoms with van der Waals surface area (Å²) in [6.07, 6.45) is 0. The zero-order chi connectivity index (χ0) is 19.1. The normalized spacial score (nSPS) is 14.6. The van der Waals surface area contributed by atoms with Crippen molar-refractivity contribution in [3.63, 3.8) is 0 Å². The van der Waals surface area contributed by atoms with Crippen LogP contribution in [0.1, 0.15) is 45.9 Å². The first-order valence-electron chi connectivity index (χ1n) is 9.19. The molecule has 0 saturated heterocycles. The number of hydrogen-bond donors (Lipinski definition) is 0. The van der Waals surface area contributed by atoms with E-state index >= 15 is 0 Å². The van der Waals surface area contributed by atoms with Crippen molar-refractivity contribution in [3.8, 4) is 29.3 Å². The summed E-state index contributed by atoms with van der Waals surface area (Å²) < 4.78 is 0. The standard InChI is InChI=1S/C23H22S4/c1-11-7-19(25-14(11)4)20-12(2)8-17(26-20)18-10-16-22(27-18)21-15(23(16,5)6)9-13(3)24-21/h7-10H,1-6H3. The molecule has 4 aromatic rings. The molecule has 0 nitrogen and oxygen atoms in total. The van der Waals surface area contributed by atoms with Crippen LogP contribution in [0, 0.1) is 27.7 Å². The molecule has 0 amide bonds. The second kappa shape index (κ2) is 5.90. The van der Waals surface area contributed by atoms with E-state index in [4.69, 9.17) is 0 Å². The molecule has 4 aromatic heterocycles. The number of thiophene rings is 4. The molecule has 0 atom stereocenters. The van der Waals surface area contributed by atoms with Gasteiger partial charge in [-0.15, -0.1) is 45.3 Å². The van der Waals surface area contributed by atoms with E-state index in [1.807, 2.05) is 45.3 Å². The molecule has 27 heavy (non-hydrogen) atoms. The highest BCUT2D eigenvalue weighted by Gasteiger charge is 2.39. The molecule has 0 N–H and O–H groups in total. The van der Waals surface area contributed by atoms with E-state index < -0.39 is 0 Å². The van der Waals surface area contributed by atoms with Gasteiger partial charge in [0.25, 0.3) is 0 Å². The Morgan fingerprint density at radius 2 is 1.19 bits per heavy atom. The molecule has 0 aromatic carbocycles. The molecule has 5 rings (SSSR count). The Morgan fingerprint density at radius 1 is 0.593 bits per heavy atom. The minimum absolute atomic E-state index is 0.126. The summed E-state index contributed by atoms with van der Waals surface area (Å²) in [5.41, 5.74) is 5.96. The van der Waals surface area contributed by atoms with E-state index in [1.165, 1.54) is 61.3 Å². The first kappa shape index (κ1) is 17.9. The van der Waals surface area contributed by atoms with Gasteiger partial charge in [-0.1, -0.05) is 13.8 Å². The minimum Gasteiger partial charge on any atom is -0.139 e. The Labute approximate surface area is 177 Å². The summed E-state index contributed by atoms with van der Waals surface area (Å²) in [4.78, 5) is 11.5. The van der Waals surface area contributed by atoms with Crippen LogP contribution in [0.25, 0.3) is 29.3 Å². The molecule has 0 fully saturated rings. The maximum absolute atomic E-state index is 2.46. The fourth-order valence-electron chi connectivity index (χ4n) is 3.97. The minimum atomic E-state index is 0.126. The smallest absolute Gasteiger partial charge is 0.0493 e. The van der Waals surface area contributed by atoms with E-state index in [-0.39, 0.29) is 5.41 Å². The predicted octanol–water partition coefficient (Wildman–Crippen LogP) is 8.81. The summed E-state index contributed by atoms with van der Waals surface area (Å²) in [6, 6.07) is 9.59. The Bertz CT molecular complexity index is 1170. The van der Waals surface area contributed by atoms with Crippen LogP contribution >= 0.6 is 45.3 Å². The molecular weight excluding hydrogens is 405 g/mol. The third-order valence-electron chi connectivity index (χ3n) is 5.69. The first-order chi connectivity index (χ1) is 12.8. The number of rotatable bonds is 2. The highest BCUT2D eigenvalue weighted by Crippen LogP contribution is 2.57. The van der Waals surface area contributed by atoms with Crippen LogP contribution < -0.4 is 0 Å². The summed E-state index contributed by atoms with van der Waals surface area (Å²) >= 11 is 7.82. The molecule has 1 aliphatic rings. The molecule has 0 spiro atoms. The molecular formula is C23H22S4. The Hall–Kier alpha value is -1.20. The quantitative estimate of drug-likeness (QED) is 0.300. The van der Waals surface area contributed by atoms with Crippen LogP contribution in [0.5, 0.6) is 0 Å². The molecule has 0 bridgehead atoms. The molecule has 0 saturated carbocycles. The molecule has 0 radical (unpaired) electrons. The van der Waals surface area contributed by atoms with Gasteiger partial charge in [0.15, 0.2) is 0 Å². The van der Waals surface area contributed by atoms with Gasteiger partial charge in [0.05, 0.1) is 0 Å². The summed E-state index contributed by atoms with van der Waals surface area (Å²) in [5.74, 6) is 0. The topological polar surface area (TPSA) is 0 Å². The lowest BCUT2D eigenvalue weighted by Crippen LogP contribution is -2.13. The number of fused-ring (bicyclic) bond motifs is 3. The zero-order valence-corrected chi connectivity index (χ0v) is 19.7. The van der Waals surface area contributed by atoms with E-state index in [0.29, 0.717) is 0 Å².